The average Bonchev–Trinajstić information content (AvgIpc) is 2.72. The predicted molar refractivity (Wildman–Crippen MR) is 115 cm³/mol. The molecule has 0 aliphatic heterocycles. The van der Waals surface area contributed by atoms with Crippen LogP contribution in [0.5, 0.6) is 5.88 Å². The maximum Gasteiger partial charge on any atom is 0.305 e. The number of methoxy groups -OCH3 is 1. The van der Waals surface area contributed by atoms with E-state index in [9.17, 15) is 14.7 Å². The molecule has 0 radical (unpaired) electrons. The molecule has 0 saturated heterocycles. The number of rotatable bonds is 7. The Bertz CT molecular complexity index is 1090. The van der Waals surface area contributed by atoms with Crippen molar-refractivity contribution >= 4 is 35.1 Å². The lowest BCUT2D eigenvalue weighted by molar-refractivity contribution is -0.137. The van der Waals surface area contributed by atoms with Crippen LogP contribution in [-0.4, -0.2) is 29.1 Å². The van der Waals surface area contributed by atoms with Gasteiger partial charge in [0.05, 0.1) is 25.1 Å². The number of amides is 1. The second kappa shape index (κ2) is 9.61. The van der Waals surface area contributed by atoms with Crippen LogP contribution in [0.2, 0.25) is 10.0 Å². The number of aliphatic carboxylic acids is 1. The van der Waals surface area contributed by atoms with Gasteiger partial charge in [-0.15, -0.1) is 0 Å². The third-order valence-corrected chi connectivity index (χ3v) is 4.99. The van der Waals surface area contributed by atoms with Crippen LogP contribution in [0.25, 0.3) is 11.1 Å². The summed E-state index contributed by atoms with van der Waals surface area (Å²) in [4.78, 5) is 28.5. The van der Waals surface area contributed by atoms with Gasteiger partial charge >= 0.3 is 5.97 Å². The van der Waals surface area contributed by atoms with Gasteiger partial charge in [-0.05, 0) is 35.4 Å². The number of carbonyl (C=O) groups is 2. The molecule has 0 spiro atoms. The quantitative estimate of drug-likeness (QED) is 0.534. The molecule has 2 aromatic carbocycles. The molecule has 0 unspecified atom stereocenters. The molecule has 0 bridgehead atoms. The van der Waals surface area contributed by atoms with Gasteiger partial charge in [-0.1, -0.05) is 53.5 Å². The normalized spacial score (nSPS) is 11.6. The van der Waals surface area contributed by atoms with Crippen molar-refractivity contribution < 1.29 is 19.4 Å². The van der Waals surface area contributed by atoms with E-state index in [1.54, 1.807) is 48.5 Å². The minimum absolute atomic E-state index is 0.244. The Morgan fingerprint density at radius 2 is 1.90 bits per heavy atom. The smallest absolute Gasteiger partial charge is 0.305 e. The molecule has 154 valence electrons. The highest BCUT2D eigenvalue weighted by Crippen LogP contribution is 2.31. The van der Waals surface area contributed by atoms with Crippen LogP contribution in [0.4, 0.5) is 0 Å². The number of carbonyl (C=O) groups excluding carboxylic acids is 1. The van der Waals surface area contributed by atoms with Gasteiger partial charge in [0.25, 0.3) is 5.91 Å². The van der Waals surface area contributed by atoms with E-state index < -0.39 is 17.9 Å². The second-order valence-electron chi connectivity index (χ2n) is 6.44. The number of aromatic nitrogens is 1. The van der Waals surface area contributed by atoms with Crippen LogP contribution in [0, 0.1) is 0 Å². The number of nitrogens with one attached hydrogen (secondary N) is 1. The summed E-state index contributed by atoms with van der Waals surface area (Å²) in [6.07, 6.45) is 1.05. The van der Waals surface area contributed by atoms with Gasteiger partial charge in [0.15, 0.2) is 0 Å². The van der Waals surface area contributed by atoms with Crippen molar-refractivity contribution in [2.75, 3.05) is 7.11 Å². The lowest BCUT2D eigenvalue weighted by Gasteiger charge is -2.19. The van der Waals surface area contributed by atoms with Crippen LogP contribution in [0.1, 0.15) is 28.4 Å². The van der Waals surface area contributed by atoms with E-state index in [4.69, 9.17) is 27.9 Å². The second-order valence-corrected chi connectivity index (χ2v) is 7.28. The molecule has 8 heteroatoms. The largest absolute Gasteiger partial charge is 0.481 e. The molecule has 0 aliphatic rings. The van der Waals surface area contributed by atoms with Crippen LogP contribution >= 0.6 is 23.2 Å². The topological polar surface area (TPSA) is 88.5 Å². The number of ether oxygens (including phenoxy) is 1. The molecule has 1 atom stereocenters. The third-order valence-electron chi connectivity index (χ3n) is 4.41. The molecule has 6 nitrogen and oxygen atoms in total. The van der Waals surface area contributed by atoms with Crippen molar-refractivity contribution in [1.82, 2.24) is 10.3 Å². The monoisotopic (exact) mass is 444 g/mol. The van der Waals surface area contributed by atoms with Crippen LogP contribution < -0.4 is 10.1 Å². The number of carboxylic acids is 1. The highest BCUT2D eigenvalue weighted by atomic mass is 35.5. The maximum atomic E-state index is 12.9. The van der Waals surface area contributed by atoms with Crippen molar-refractivity contribution in [3.63, 3.8) is 0 Å². The SMILES string of the molecule is COc1ncc(C(=O)N[C@@H](CC(=O)O)c2ccccc2Cl)cc1-c1cccc(Cl)c1. The zero-order chi connectivity index (χ0) is 21.7. The molecule has 0 fully saturated rings. The molecule has 0 saturated carbocycles. The van der Waals surface area contributed by atoms with Gasteiger partial charge in [-0.25, -0.2) is 4.98 Å². The Kier molecular flexibility index (Phi) is 6.92. The van der Waals surface area contributed by atoms with Crippen molar-refractivity contribution in [1.29, 1.82) is 0 Å². The van der Waals surface area contributed by atoms with Gasteiger partial charge < -0.3 is 15.2 Å². The Morgan fingerprint density at radius 3 is 2.57 bits per heavy atom. The lowest BCUT2D eigenvalue weighted by atomic mass is 10.0. The van der Waals surface area contributed by atoms with Crippen LogP contribution in [-0.2, 0) is 4.79 Å². The Balaban J connectivity index is 1.94. The predicted octanol–water partition coefficient (Wildman–Crippen LogP) is 5.01. The van der Waals surface area contributed by atoms with Crippen LogP contribution in [0.3, 0.4) is 0 Å². The van der Waals surface area contributed by atoms with Gasteiger partial charge in [0.2, 0.25) is 5.88 Å². The third kappa shape index (κ3) is 5.09. The van der Waals surface area contributed by atoms with E-state index in [1.807, 2.05) is 6.07 Å². The number of carboxylic acid groups (broad SMARTS) is 1. The van der Waals surface area contributed by atoms with Gasteiger partial charge in [0, 0.05) is 21.8 Å². The summed E-state index contributed by atoms with van der Waals surface area (Å²) in [5.74, 6) is -1.21. The summed E-state index contributed by atoms with van der Waals surface area (Å²) in [6, 6.07) is 14.7. The fourth-order valence-corrected chi connectivity index (χ4v) is 3.47. The summed E-state index contributed by atoms with van der Waals surface area (Å²) in [6.45, 7) is 0. The minimum Gasteiger partial charge on any atom is -0.481 e. The number of nitrogens with zero attached hydrogens (tertiary/aromatic N) is 1. The standard InChI is InChI=1S/C22H18Cl2N2O4/c1-30-22-17(13-5-4-6-15(23)9-13)10-14(12-25-22)21(29)26-19(11-20(27)28)16-7-2-3-8-18(16)24/h2-10,12,19H,11H2,1H3,(H,26,29)(H,27,28)/t19-/m0/s1. The van der Waals surface area contributed by atoms with E-state index in [1.165, 1.54) is 13.3 Å². The molecule has 3 aromatic rings. The molecule has 0 aliphatic carbocycles. The first-order valence-corrected chi connectivity index (χ1v) is 9.71. The highest BCUT2D eigenvalue weighted by Gasteiger charge is 2.22. The van der Waals surface area contributed by atoms with Crippen molar-refractivity contribution in [2.24, 2.45) is 0 Å². The van der Waals surface area contributed by atoms with E-state index in [-0.39, 0.29) is 12.0 Å². The number of halogens is 2. The van der Waals surface area contributed by atoms with Crippen molar-refractivity contribution in [2.45, 2.75) is 12.5 Å². The average molecular weight is 445 g/mol. The van der Waals surface area contributed by atoms with E-state index in [0.29, 0.717) is 27.1 Å². The first-order valence-electron chi connectivity index (χ1n) is 8.96. The zero-order valence-corrected chi connectivity index (χ0v) is 17.4. The molecule has 3 rings (SSSR count). The number of hydrogen-bond acceptors (Lipinski definition) is 4. The fourth-order valence-electron chi connectivity index (χ4n) is 3.01. The number of benzene rings is 2. The summed E-state index contributed by atoms with van der Waals surface area (Å²) >= 11 is 12.3. The number of pyridine rings is 1. The fraction of sp³-hybridized carbons (Fsp3) is 0.136. The van der Waals surface area contributed by atoms with E-state index >= 15 is 0 Å². The van der Waals surface area contributed by atoms with Crippen molar-refractivity contribution in [3.05, 3.63) is 82.0 Å². The first-order chi connectivity index (χ1) is 14.4. The van der Waals surface area contributed by atoms with Crippen LogP contribution in [0.15, 0.2) is 60.8 Å². The Morgan fingerprint density at radius 1 is 1.13 bits per heavy atom. The Hall–Kier alpha value is -3.09. The summed E-state index contributed by atoms with van der Waals surface area (Å²) in [5, 5.41) is 12.9. The molecular formula is C22H18Cl2N2O4. The summed E-state index contributed by atoms with van der Waals surface area (Å²) < 4.78 is 5.31. The molecule has 30 heavy (non-hydrogen) atoms. The zero-order valence-electron chi connectivity index (χ0n) is 15.9. The summed E-state index contributed by atoms with van der Waals surface area (Å²) in [7, 11) is 1.48. The molecular weight excluding hydrogens is 427 g/mol. The molecule has 1 heterocycles. The van der Waals surface area contributed by atoms with Crippen molar-refractivity contribution in [3.8, 4) is 17.0 Å². The van der Waals surface area contributed by atoms with Gasteiger partial charge in [-0.3, -0.25) is 9.59 Å². The maximum absolute atomic E-state index is 12.9. The van der Waals surface area contributed by atoms with Gasteiger partial charge in [-0.2, -0.15) is 0 Å². The highest BCUT2D eigenvalue weighted by molar-refractivity contribution is 6.31. The minimum atomic E-state index is -1.06. The lowest BCUT2D eigenvalue weighted by Crippen LogP contribution is -2.30. The van der Waals surface area contributed by atoms with E-state index in [2.05, 4.69) is 10.3 Å². The molecule has 1 amide bonds. The van der Waals surface area contributed by atoms with Gasteiger partial charge in [0.1, 0.15) is 0 Å². The number of hydrogen-bond donors (Lipinski definition) is 2. The van der Waals surface area contributed by atoms with E-state index in [0.717, 1.165) is 5.56 Å². The summed E-state index contributed by atoms with van der Waals surface area (Å²) in [5.41, 5.74) is 2.08. The first kappa shape index (κ1) is 21.6. The Labute approximate surface area is 183 Å². The molecule has 1 aromatic heterocycles. The molecule has 2 N–H and O–H groups in total.